The molecule has 0 saturated heterocycles. The van der Waals surface area contributed by atoms with Crippen LogP contribution in [-0.4, -0.2) is 10.1 Å². The molecule has 0 aliphatic rings. The summed E-state index contributed by atoms with van der Waals surface area (Å²) in [6, 6.07) is 5.27. The highest BCUT2D eigenvalue weighted by Gasteiger charge is 2.36. The van der Waals surface area contributed by atoms with Crippen LogP contribution >= 0.6 is 0 Å². The van der Waals surface area contributed by atoms with Crippen molar-refractivity contribution in [3.8, 4) is 5.75 Å². The van der Waals surface area contributed by atoms with Gasteiger partial charge in [0.1, 0.15) is 5.75 Å². The molecular weight excluding hydrogens is 221 g/mol. The van der Waals surface area contributed by atoms with E-state index in [-0.39, 0.29) is 5.52 Å². The van der Waals surface area contributed by atoms with Gasteiger partial charge in [-0.05, 0) is 24.3 Å². The Morgan fingerprint density at radius 1 is 1.19 bits per heavy atom. The first-order chi connectivity index (χ1) is 7.38. The average molecular weight is 228 g/mol. The van der Waals surface area contributed by atoms with E-state index in [9.17, 15) is 18.3 Å². The number of hydrogen-bond donors (Lipinski definition) is 2. The van der Waals surface area contributed by atoms with Crippen molar-refractivity contribution in [2.45, 2.75) is 6.18 Å². The van der Waals surface area contributed by atoms with Crippen LogP contribution in [0.25, 0.3) is 10.9 Å². The first-order valence-corrected chi connectivity index (χ1v) is 4.34. The predicted octanol–water partition coefficient (Wildman–Crippen LogP) is 2.54. The summed E-state index contributed by atoms with van der Waals surface area (Å²) in [4.78, 5) is 3.36. The van der Waals surface area contributed by atoms with E-state index in [4.69, 9.17) is 5.73 Å². The summed E-state index contributed by atoms with van der Waals surface area (Å²) < 4.78 is 37.2. The second kappa shape index (κ2) is 3.26. The van der Waals surface area contributed by atoms with Crippen molar-refractivity contribution < 1.29 is 18.3 Å². The Kier molecular flexibility index (Phi) is 2.15. The van der Waals surface area contributed by atoms with Gasteiger partial charge in [0.2, 0.25) is 0 Å². The molecule has 2 aromatic rings. The Labute approximate surface area is 88.3 Å². The molecule has 0 saturated carbocycles. The van der Waals surface area contributed by atoms with E-state index in [0.29, 0.717) is 11.1 Å². The highest BCUT2D eigenvalue weighted by atomic mass is 19.4. The van der Waals surface area contributed by atoms with Crippen LogP contribution < -0.4 is 5.73 Å². The number of aromatic hydroxyl groups is 1. The van der Waals surface area contributed by atoms with E-state index in [0.717, 1.165) is 6.07 Å². The number of alkyl halides is 3. The van der Waals surface area contributed by atoms with Crippen molar-refractivity contribution in [2.24, 2.45) is 0 Å². The number of fused-ring (bicyclic) bond motifs is 1. The van der Waals surface area contributed by atoms with Crippen LogP contribution in [0.4, 0.5) is 18.9 Å². The Morgan fingerprint density at radius 2 is 1.88 bits per heavy atom. The van der Waals surface area contributed by atoms with Crippen molar-refractivity contribution in [2.75, 3.05) is 5.73 Å². The molecule has 3 N–H and O–H groups in total. The summed E-state index contributed by atoms with van der Waals surface area (Å²) in [5, 5.41) is 9.58. The van der Waals surface area contributed by atoms with E-state index in [2.05, 4.69) is 4.98 Å². The van der Waals surface area contributed by atoms with Crippen LogP contribution in [0.5, 0.6) is 5.75 Å². The van der Waals surface area contributed by atoms with Crippen molar-refractivity contribution in [3.05, 3.63) is 30.0 Å². The van der Waals surface area contributed by atoms with Crippen molar-refractivity contribution in [1.29, 1.82) is 0 Å². The van der Waals surface area contributed by atoms with Crippen molar-refractivity contribution in [3.63, 3.8) is 0 Å². The number of benzene rings is 1. The predicted molar refractivity (Wildman–Crippen MR) is 52.8 cm³/mol. The molecule has 0 atom stereocenters. The number of anilines is 1. The normalized spacial score (nSPS) is 11.9. The zero-order valence-corrected chi connectivity index (χ0v) is 7.92. The molecule has 16 heavy (non-hydrogen) atoms. The second-order valence-electron chi connectivity index (χ2n) is 3.31. The van der Waals surface area contributed by atoms with Gasteiger partial charge in [-0.15, -0.1) is 0 Å². The molecule has 1 aromatic carbocycles. The molecule has 84 valence electrons. The van der Waals surface area contributed by atoms with Crippen LogP contribution in [0, 0.1) is 0 Å². The smallest absolute Gasteiger partial charge is 0.437 e. The first-order valence-electron chi connectivity index (χ1n) is 4.34. The lowest BCUT2D eigenvalue weighted by atomic mass is 10.1. The molecule has 0 spiro atoms. The SMILES string of the molecule is Nc1ccc2nc(C(F)(F)F)c(O)cc2c1. The summed E-state index contributed by atoms with van der Waals surface area (Å²) in [5.74, 6) is -0.898. The number of nitrogen functional groups attached to an aromatic ring is 1. The summed E-state index contributed by atoms with van der Waals surface area (Å²) in [7, 11) is 0. The molecule has 0 fully saturated rings. The summed E-state index contributed by atoms with van der Waals surface area (Å²) in [6.07, 6.45) is -4.67. The van der Waals surface area contributed by atoms with E-state index in [1.165, 1.54) is 18.2 Å². The van der Waals surface area contributed by atoms with E-state index in [1.54, 1.807) is 0 Å². The van der Waals surface area contributed by atoms with E-state index < -0.39 is 17.6 Å². The van der Waals surface area contributed by atoms with Gasteiger partial charge in [0.15, 0.2) is 5.69 Å². The fourth-order valence-corrected chi connectivity index (χ4v) is 1.39. The Hall–Kier alpha value is -1.98. The number of nitrogens with two attached hydrogens (primary N) is 1. The van der Waals surface area contributed by atoms with E-state index in [1.807, 2.05) is 0 Å². The third-order valence-electron chi connectivity index (χ3n) is 2.09. The number of nitrogens with zero attached hydrogens (tertiary/aromatic N) is 1. The number of halogens is 3. The summed E-state index contributed by atoms with van der Waals surface area (Å²) in [5.41, 5.74) is 4.71. The van der Waals surface area contributed by atoms with Gasteiger partial charge < -0.3 is 10.8 Å². The van der Waals surface area contributed by atoms with Gasteiger partial charge in [0.05, 0.1) is 5.52 Å². The third kappa shape index (κ3) is 1.73. The maximum absolute atomic E-state index is 12.4. The van der Waals surface area contributed by atoms with Crippen molar-refractivity contribution >= 4 is 16.6 Å². The summed E-state index contributed by atoms with van der Waals surface area (Å²) in [6.45, 7) is 0. The largest absolute Gasteiger partial charge is 0.506 e. The molecule has 0 aliphatic carbocycles. The second-order valence-corrected chi connectivity index (χ2v) is 3.31. The highest BCUT2D eigenvalue weighted by Crippen LogP contribution is 2.35. The molecule has 1 aromatic heterocycles. The van der Waals surface area contributed by atoms with Crippen LogP contribution in [0.2, 0.25) is 0 Å². The zero-order valence-electron chi connectivity index (χ0n) is 7.92. The number of hydrogen-bond acceptors (Lipinski definition) is 3. The minimum atomic E-state index is -4.67. The van der Waals surface area contributed by atoms with Gasteiger partial charge in [-0.1, -0.05) is 0 Å². The zero-order chi connectivity index (χ0) is 11.9. The number of rotatable bonds is 0. The van der Waals surface area contributed by atoms with Gasteiger partial charge in [-0.25, -0.2) is 4.98 Å². The fourth-order valence-electron chi connectivity index (χ4n) is 1.39. The molecule has 0 aliphatic heterocycles. The molecule has 0 amide bonds. The average Bonchev–Trinajstić information content (AvgIpc) is 2.14. The first kappa shape index (κ1) is 10.5. The van der Waals surface area contributed by atoms with Gasteiger partial charge in [0, 0.05) is 11.1 Å². The van der Waals surface area contributed by atoms with Crippen LogP contribution in [0.1, 0.15) is 5.69 Å². The third-order valence-corrected chi connectivity index (χ3v) is 2.09. The topological polar surface area (TPSA) is 59.1 Å². The summed E-state index contributed by atoms with van der Waals surface area (Å²) >= 11 is 0. The Bertz CT molecular complexity index is 551. The number of aromatic nitrogens is 1. The minimum absolute atomic E-state index is 0.138. The van der Waals surface area contributed by atoms with Gasteiger partial charge in [-0.2, -0.15) is 13.2 Å². The Morgan fingerprint density at radius 3 is 2.50 bits per heavy atom. The lowest BCUT2D eigenvalue weighted by Gasteiger charge is -2.09. The lowest BCUT2D eigenvalue weighted by Crippen LogP contribution is -2.08. The molecule has 6 heteroatoms. The lowest BCUT2D eigenvalue weighted by molar-refractivity contribution is -0.142. The quantitative estimate of drug-likeness (QED) is 0.681. The maximum Gasteiger partial charge on any atom is 0.437 e. The van der Waals surface area contributed by atoms with Gasteiger partial charge >= 0.3 is 6.18 Å². The van der Waals surface area contributed by atoms with Crippen molar-refractivity contribution in [1.82, 2.24) is 4.98 Å². The van der Waals surface area contributed by atoms with E-state index >= 15 is 0 Å². The molecule has 0 radical (unpaired) electrons. The standard InChI is InChI=1S/C10H7F3N2O/c11-10(12,13)9-8(16)4-5-3-6(14)1-2-7(5)15-9/h1-4,16H,14H2. The molecule has 2 rings (SSSR count). The molecular formula is C10H7F3N2O. The van der Waals surface area contributed by atoms with Gasteiger partial charge in [0.25, 0.3) is 0 Å². The monoisotopic (exact) mass is 228 g/mol. The molecule has 0 bridgehead atoms. The van der Waals surface area contributed by atoms with Crippen LogP contribution in [0.3, 0.4) is 0 Å². The molecule has 0 unspecified atom stereocenters. The minimum Gasteiger partial charge on any atom is -0.506 e. The maximum atomic E-state index is 12.4. The fraction of sp³-hybridized carbons (Fsp3) is 0.100. The highest BCUT2D eigenvalue weighted by molar-refractivity contribution is 5.83. The van der Waals surface area contributed by atoms with Crippen LogP contribution in [-0.2, 0) is 6.18 Å². The molecule has 1 heterocycles. The molecule has 3 nitrogen and oxygen atoms in total. The Balaban J connectivity index is 2.72. The number of pyridine rings is 1. The van der Waals surface area contributed by atoms with Crippen LogP contribution in [0.15, 0.2) is 24.3 Å². The van der Waals surface area contributed by atoms with Gasteiger partial charge in [-0.3, -0.25) is 0 Å².